The number of allylic oxidation sites excluding steroid dienone is 1. The minimum Gasteiger partial charge on any atom is -0.477 e. The zero-order chi connectivity index (χ0) is 19.1. The van der Waals surface area contributed by atoms with Crippen molar-refractivity contribution in [1.29, 1.82) is 5.26 Å². The van der Waals surface area contributed by atoms with E-state index in [-0.39, 0.29) is 12.5 Å². The van der Waals surface area contributed by atoms with Crippen molar-refractivity contribution in [3.63, 3.8) is 0 Å². The number of nitrogens with two attached hydrogens (primary N) is 1. The molecule has 0 spiro atoms. The summed E-state index contributed by atoms with van der Waals surface area (Å²) in [5.41, 5.74) is 9.66. The quantitative estimate of drug-likeness (QED) is 0.587. The number of aromatic amines is 1. The Balaban J connectivity index is 2.53. The second kappa shape index (κ2) is 8.81. The van der Waals surface area contributed by atoms with E-state index in [1.165, 1.54) is 0 Å². The number of aliphatic imine (C=N–C) groups is 1. The number of hydrogen-bond donors (Lipinski definition) is 2. The summed E-state index contributed by atoms with van der Waals surface area (Å²) in [4.78, 5) is 16.4. The van der Waals surface area contributed by atoms with Crippen LogP contribution in [0.4, 0.5) is 0 Å². The number of aromatic nitrogens is 3. The number of ether oxygens (including phenoxy) is 1. The van der Waals surface area contributed by atoms with Crippen LogP contribution in [0.3, 0.4) is 0 Å². The Morgan fingerprint density at radius 1 is 1.50 bits per heavy atom. The number of pyridine rings is 1. The zero-order valence-corrected chi connectivity index (χ0v) is 15.6. The van der Waals surface area contributed by atoms with Crippen LogP contribution >= 0.6 is 0 Å². The van der Waals surface area contributed by atoms with E-state index in [4.69, 9.17) is 15.7 Å². The highest BCUT2D eigenvalue weighted by Crippen LogP contribution is 2.23. The average Bonchev–Trinajstić information content (AvgIpc) is 3.01. The second-order valence-corrected chi connectivity index (χ2v) is 5.99. The van der Waals surface area contributed by atoms with Gasteiger partial charge in [0.05, 0.1) is 24.0 Å². The van der Waals surface area contributed by atoms with Crippen molar-refractivity contribution in [3.8, 4) is 11.9 Å². The summed E-state index contributed by atoms with van der Waals surface area (Å²) in [6, 6.07) is 5.67. The fourth-order valence-electron chi connectivity index (χ4n) is 2.52. The first-order chi connectivity index (χ1) is 12.5. The van der Waals surface area contributed by atoms with E-state index >= 15 is 0 Å². The van der Waals surface area contributed by atoms with E-state index in [0.29, 0.717) is 35.2 Å². The summed E-state index contributed by atoms with van der Waals surface area (Å²) in [6.07, 6.45) is 3.37. The van der Waals surface area contributed by atoms with Gasteiger partial charge in [-0.1, -0.05) is 13.8 Å². The molecule has 0 unspecified atom stereocenters. The number of nitrogens with zero attached hydrogens (tertiary/aromatic N) is 4. The third kappa shape index (κ3) is 4.48. The van der Waals surface area contributed by atoms with Crippen molar-refractivity contribution >= 4 is 11.4 Å². The Bertz CT molecular complexity index is 857. The van der Waals surface area contributed by atoms with Crippen LogP contribution < -0.4 is 10.5 Å². The van der Waals surface area contributed by atoms with Gasteiger partial charge in [0.1, 0.15) is 18.1 Å². The van der Waals surface area contributed by atoms with Crippen molar-refractivity contribution in [3.05, 3.63) is 47.2 Å². The molecule has 2 aromatic rings. The van der Waals surface area contributed by atoms with E-state index in [9.17, 15) is 0 Å². The molecule has 0 saturated carbocycles. The molecule has 2 heterocycles. The van der Waals surface area contributed by atoms with Crippen molar-refractivity contribution in [2.75, 3.05) is 13.2 Å². The summed E-state index contributed by atoms with van der Waals surface area (Å²) in [5, 5.41) is 8.94. The molecule has 3 N–H and O–H groups in total. The number of aryl methyl sites for hydroxylation is 1. The Labute approximate surface area is 153 Å². The van der Waals surface area contributed by atoms with E-state index in [1.807, 2.05) is 26.0 Å². The normalized spacial score (nSPS) is 12.3. The molecule has 0 atom stereocenters. The highest BCUT2D eigenvalue weighted by molar-refractivity contribution is 6.11. The van der Waals surface area contributed by atoms with Gasteiger partial charge in [0.15, 0.2) is 0 Å². The van der Waals surface area contributed by atoms with Crippen LogP contribution in [-0.2, 0) is 0 Å². The number of nitrogens with one attached hydrogen (secondary N) is 1. The van der Waals surface area contributed by atoms with Gasteiger partial charge < -0.3 is 15.5 Å². The highest BCUT2D eigenvalue weighted by Gasteiger charge is 2.17. The molecule has 0 aromatic carbocycles. The maximum atomic E-state index is 8.94. The van der Waals surface area contributed by atoms with Crippen LogP contribution in [0.1, 0.15) is 49.5 Å². The van der Waals surface area contributed by atoms with E-state index in [0.717, 1.165) is 11.5 Å². The molecule has 0 bridgehead atoms. The molecule has 0 amide bonds. The predicted molar refractivity (Wildman–Crippen MR) is 102 cm³/mol. The first kappa shape index (κ1) is 19.2. The van der Waals surface area contributed by atoms with Gasteiger partial charge in [-0.2, -0.15) is 5.26 Å². The van der Waals surface area contributed by atoms with Crippen LogP contribution in [0.2, 0.25) is 0 Å². The summed E-state index contributed by atoms with van der Waals surface area (Å²) >= 11 is 0. The smallest absolute Gasteiger partial charge is 0.222 e. The summed E-state index contributed by atoms with van der Waals surface area (Å²) in [5.74, 6) is 1.48. The molecule has 0 aliphatic rings. The molecule has 0 aliphatic heterocycles. The van der Waals surface area contributed by atoms with Gasteiger partial charge in [-0.15, -0.1) is 0 Å². The van der Waals surface area contributed by atoms with Crippen LogP contribution in [0.25, 0.3) is 5.70 Å². The van der Waals surface area contributed by atoms with Crippen molar-refractivity contribution < 1.29 is 4.74 Å². The van der Waals surface area contributed by atoms with Gasteiger partial charge in [-0.25, -0.2) is 9.97 Å². The predicted octanol–water partition coefficient (Wildman–Crippen LogP) is 2.95. The van der Waals surface area contributed by atoms with E-state index in [1.54, 1.807) is 18.3 Å². The minimum atomic E-state index is 0.0217. The Morgan fingerprint density at radius 3 is 2.92 bits per heavy atom. The number of nitriles is 1. The molecule has 0 aliphatic carbocycles. The van der Waals surface area contributed by atoms with Crippen LogP contribution in [0, 0.1) is 18.3 Å². The van der Waals surface area contributed by atoms with Crippen molar-refractivity contribution in [2.45, 2.75) is 33.6 Å². The second-order valence-electron chi connectivity index (χ2n) is 5.99. The third-order valence-electron chi connectivity index (χ3n) is 3.65. The molecule has 2 aromatic heterocycles. The molecule has 26 heavy (non-hydrogen) atoms. The maximum Gasteiger partial charge on any atom is 0.222 e. The Kier molecular flexibility index (Phi) is 6.50. The largest absolute Gasteiger partial charge is 0.477 e. The number of rotatable bonds is 7. The summed E-state index contributed by atoms with van der Waals surface area (Å²) < 4.78 is 5.55. The molecule has 7 heteroatoms. The van der Waals surface area contributed by atoms with Gasteiger partial charge in [0.2, 0.25) is 5.88 Å². The minimum absolute atomic E-state index is 0.0217. The average molecular weight is 352 g/mol. The molecule has 136 valence electrons. The van der Waals surface area contributed by atoms with Gasteiger partial charge >= 0.3 is 0 Å². The molecular formula is C19H24N6O. The molecule has 2 rings (SSSR count). The number of hydrogen-bond acceptors (Lipinski definition) is 6. The summed E-state index contributed by atoms with van der Waals surface area (Å²) in [6.45, 7) is 8.42. The molecule has 0 radical (unpaired) electrons. The third-order valence-corrected chi connectivity index (χ3v) is 3.65. The Hall–Kier alpha value is -3.14. The van der Waals surface area contributed by atoms with Crippen LogP contribution in [0.5, 0.6) is 5.88 Å². The molecule has 7 nitrogen and oxygen atoms in total. The van der Waals surface area contributed by atoms with Gasteiger partial charge in [0, 0.05) is 17.6 Å². The van der Waals surface area contributed by atoms with Gasteiger partial charge in [-0.05, 0) is 38.0 Å². The molecule has 0 fully saturated rings. The standard InChI is InChI=1S/C19H24N6O/c1-5-26-19-14(7-6-9-23-19)15(21)11-16(22-10-8-20)18-17(12(2)3)24-13(4)25-18/h6-7,9,11-12H,5,10,21H2,1-4H3,(H,24,25). The van der Waals surface area contributed by atoms with Gasteiger partial charge in [-0.3, -0.25) is 4.99 Å². The lowest BCUT2D eigenvalue weighted by atomic mass is 10.0. The SMILES string of the molecule is CCOc1ncccc1C(N)=CC(=NCC#N)c1nc(C)[nH]c1C(C)C. The topological polar surface area (TPSA) is 113 Å². The lowest BCUT2D eigenvalue weighted by Gasteiger charge is -2.10. The monoisotopic (exact) mass is 352 g/mol. The lowest BCUT2D eigenvalue weighted by Crippen LogP contribution is -2.09. The first-order valence-electron chi connectivity index (χ1n) is 8.51. The number of imidazole rings is 1. The fraction of sp³-hybridized carbons (Fsp3) is 0.368. The highest BCUT2D eigenvalue weighted by atomic mass is 16.5. The number of H-pyrrole nitrogens is 1. The fourth-order valence-corrected chi connectivity index (χ4v) is 2.52. The van der Waals surface area contributed by atoms with Crippen molar-refractivity contribution in [2.24, 2.45) is 10.7 Å². The summed E-state index contributed by atoms with van der Waals surface area (Å²) in [7, 11) is 0. The van der Waals surface area contributed by atoms with E-state index < -0.39 is 0 Å². The van der Waals surface area contributed by atoms with Gasteiger partial charge in [0.25, 0.3) is 0 Å². The molecular weight excluding hydrogens is 328 g/mol. The maximum absolute atomic E-state index is 8.94. The zero-order valence-electron chi connectivity index (χ0n) is 15.6. The Morgan fingerprint density at radius 2 is 2.27 bits per heavy atom. The van der Waals surface area contributed by atoms with Crippen LogP contribution in [0.15, 0.2) is 29.4 Å². The molecule has 0 saturated heterocycles. The first-order valence-corrected chi connectivity index (χ1v) is 8.51. The van der Waals surface area contributed by atoms with Crippen molar-refractivity contribution in [1.82, 2.24) is 15.0 Å². The van der Waals surface area contributed by atoms with E-state index in [2.05, 4.69) is 33.8 Å². The van der Waals surface area contributed by atoms with Crippen LogP contribution in [-0.4, -0.2) is 33.8 Å². The lowest BCUT2D eigenvalue weighted by molar-refractivity contribution is 0.326.